The van der Waals surface area contributed by atoms with Crippen LogP contribution < -0.4 is 0 Å². The van der Waals surface area contributed by atoms with E-state index in [9.17, 15) is 0 Å². The number of allylic oxidation sites excluding steroid dienone is 1. The summed E-state index contributed by atoms with van der Waals surface area (Å²) in [5, 5.41) is 1.38. The maximum Gasteiger partial charge on any atom is 0.0807 e. The normalized spacial score (nSPS) is 14.0. The molecule has 174 valence electrons. The zero-order valence-corrected chi connectivity index (χ0v) is 22.1. The fourth-order valence-electron chi connectivity index (χ4n) is 3.95. The van der Waals surface area contributed by atoms with E-state index in [0.717, 1.165) is 24.0 Å². The fourth-order valence-corrected chi connectivity index (χ4v) is 5.23. The third-order valence-corrected chi connectivity index (χ3v) is 7.93. The van der Waals surface area contributed by atoms with Crippen molar-refractivity contribution in [1.82, 2.24) is 4.98 Å². The summed E-state index contributed by atoms with van der Waals surface area (Å²) in [5.74, 6) is 2.97. The molecule has 1 nitrogen and oxygen atoms in total. The molecule has 2 aromatic heterocycles. The molecule has 3 unspecified atom stereocenters. The lowest BCUT2D eigenvalue weighted by atomic mass is 9.87. The molecule has 0 radical (unpaired) electrons. The minimum absolute atomic E-state index is 0.506. The van der Waals surface area contributed by atoms with E-state index in [1.807, 2.05) is 23.6 Å². The Labute approximate surface area is 201 Å². The van der Waals surface area contributed by atoms with Gasteiger partial charge < -0.3 is 0 Å². The highest BCUT2D eigenvalue weighted by Gasteiger charge is 2.21. The highest BCUT2D eigenvalue weighted by atomic mass is 32.1. The molecule has 0 saturated heterocycles. The van der Waals surface area contributed by atoms with Crippen LogP contribution in [0.25, 0.3) is 20.7 Å². The Morgan fingerprint density at radius 2 is 1.62 bits per heavy atom. The van der Waals surface area contributed by atoms with Gasteiger partial charge >= 0.3 is 0 Å². The van der Waals surface area contributed by atoms with Gasteiger partial charge in [-0.25, -0.2) is 0 Å². The highest BCUT2D eigenvalue weighted by Crippen LogP contribution is 2.43. The van der Waals surface area contributed by atoms with Crippen LogP contribution in [0.1, 0.15) is 84.8 Å². The van der Waals surface area contributed by atoms with Crippen LogP contribution in [0.3, 0.4) is 0 Å². The molecule has 32 heavy (non-hydrogen) atoms. The number of thiophene rings is 1. The van der Waals surface area contributed by atoms with E-state index < -0.39 is 0 Å². The Morgan fingerprint density at radius 3 is 2.22 bits per heavy atom. The zero-order valence-electron chi connectivity index (χ0n) is 21.3. The van der Waals surface area contributed by atoms with Gasteiger partial charge in [0.1, 0.15) is 0 Å². The van der Waals surface area contributed by atoms with Crippen LogP contribution in [0.2, 0.25) is 0 Å². The first-order valence-electron chi connectivity index (χ1n) is 12.4. The molecule has 0 fully saturated rings. The summed E-state index contributed by atoms with van der Waals surface area (Å²) in [7, 11) is 0. The molecule has 0 aliphatic heterocycles. The van der Waals surface area contributed by atoms with Crippen LogP contribution >= 0.6 is 11.3 Å². The second kappa shape index (κ2) is 12.9. The van der Waals surface area contributed by atoms with E-state index in [2.05, 4.69) is 96.4 Å². The smallest absolute Gasteiger partial charge is 0.0807 e. The Balaban J connectivity index is 0.000000344. The molecule has 1 aromatic carbocycles. The van der Waals surface area contributed by atoms with Gasteiger partial charge in [0.2, 0.25) is 0 Å². The summed E-state index contributed by atoms with van der Waals surface area (Å²) in [4.78, 5) is 5.98. The number of rotatable bonds is 9. The Hall–Kier alpha value is -1.93. The van der Waals surface area contributed by atoms with Gasteiger partial charge in [-0.15, -0.1) is 17.9 Å². The molecule has 0 aliphatic carbocycles. The van der Waals surface area contributed by atoms with Gasteiger partial charge in [-0.05, 0) is 71.2 Å². The van der Waals surface area contributed by atoms with Crippen molar-refractivity contribution in [1.29, 1.82) is 0 Å². The topological polar surface area (TPSA) is 12.9 Å². The highest BCUT2D eigenvalue weighted by molar-refractivity contribution is 7.22. The molecule has 0 spiro atoms. The standard InChI is InChI=1S/C21H23NS.C9H20/c1-5-8-16-11-12-22-18(13-16)21-20(15(4)14(2)3)17-9-6-7-10-19(17)23-21;1-5-8(3)7-9(4)6-2/h5-7,9-15H,1,8H2,2-4H3;8-9H,5-7H2,1-4H3. The second-order valence-electron chi connectivity index (χ2n) is 9.68. The van der Waals surface area contributed by atoms with Gasteiger partial charge in [0.05, 0.1) is 10.6 Å². The van der Waals surface area contributed by atoms with Crippen molar-refractivity contribution >= 4 is 21.4 Å². The van der Waals surface area contributed by atoms with Crippen molar-refractivity contribution in [3.8, 4) is 10.6 Å². The van der Waals surface area contributed by atoms with Crippen LogP contribution in [-0.2, 0) is 6.42 Å². The molecule has 0 aliphatic rings. The summed E-state index contributed by atoms with van der Waals surface area (Å²) in [6, 6.07) is 13.0. The molecule has 2 heterocycles. The van der Waals surface area contributed by atoms with Crippen molar-refractivity contribution in [3.05, 3.63) is 66.4 Å². The van der Waals surface area contributed by atoms with Crippen LogP contribution in [0.15, 0.2) is 55.3 Å². The van der Waals surface area contributed by atoms with E-state index in [1.165, 1.54) is 45.4 Å². The quantitative estimate of drug-likeness (QED) is 0.296. The average molecular weight is 450 g/mol. The van der Waals surface area contributed by atoms with Crippen molar-refractivity contribution in [3.63, 3.8) is 0 Å². The predicted octanol–water partition coefficient (Wildman–Crippen LogP) is 9.92. The van der Waals surface area contributed by atoms with Crippen LogP contribution in [0.5, 0.6) is 0 Å². The minimum atomic E-state index is 0.506. The Kier molecular flexibility index (Phi) is 10.6. The van der Waals surface area contributed by atoms with Crippen LogP contribution in [0, 0.1) is 17.8 Å². The molecular weight excluding hydrogens is 406 g/mol. The van der Waals surface area contributed by atoms with Crippen LogP contribution in [0.4, 0.5) is 0 Å². The SMILES string of the molecule is C=CCc1ccnc(-c2sc3ccccc3c2C(C)C(C)C)c1.CCC(C)CC(C)CC. The van der Waals surface area contributed by atoms with Crippen molar-refractivity contribution in [2.24, 2.45) is 17.8 Å². The minimum Gasteiger partial charge on any atom is -0.255 e. The molecule has 0 saturated carbocycles. The average Bonchev–Trinajstić information content (AvgIpc) is 3.18. The first kappa shape index (κ1) is 26.3. The van der Waals surface area contributed by atoms with E-state index in [1.54, 1.807) is 0 Å². The summed E-state index contributed by atoms with van der Waals surface area (Å²) < 4.78 is 1.35. The van der Waals surface area contributed by atoms with Gasteiger partial charge in [-0.3, -0.25) is 4.98 Å². The second-order valence-corrected chi connectivity index (χ2v) is 10.7. The number of aromatic nitrogens is 1. The summed E-state index contributed by atoms with van der Waals surface area (Å²) in [5.41, 5.74) is 3.81. The third-order valence-electron chi connectivity index (χ3n) is 6.72. The molecule has 3 aromatic rings. The third kappa shape index (κ3) is 7.04. The van der Waals surface area contributed by atoms with E-state index in [-0.39, 0.29) is 0 Å². The molecule has 3 atom stereocenters. The lowest BCUT2D eigenvalue weighted by Crippen LogP contribution is -2.03. The first-order valence-corrected chi connectivity index (χ1v) is 13.2. The Morgan fingerprint density at radius 1 is 0.969 bits per heavy atom. The first-order chi connectivity index (χ1) is 15.3. The van der Waals surface area contributed by atoms with E-state index in [4.69, 9.17) is 0 Å². The van der Waals surface area contributed by atoms with Gasteiger partial charge in [0.25, 0.3) is 0 Å². The van der Waals surface area contributed by atoms with Gasteiger partial charge in [0.15, 0.2) is 0 Å². The summed E-state index contributed by atoms with van der Waals surface area (Å²) >= 11 is 1.86. The van der Waals surface area contributed by atoms with Gasteiger partial charge in [0, 0.05) is 10.9 Å². The van der Waals surface area contributed by atoms with Crippen molar-refractivity contribution < 1.29 is 0 Å². The number of benzene rings is 1. The number of hydrogen-bond donors (Lipinski definition) is 0. The number of nitrogens with zero attached hydrogens (tertiary/aromatic N) is 1. The number of fused-ring (bicyclic) bond motifs is 1. The van der Waals surface area contributed by atoms with Gasteiger partial charge in [-0.2, -0.15) is 0 Å². The van der Waals surface area contributed by atoms with E-state index in [0.29, 0.717) is 11.8 Å². The molecule has 0 amide bonds. The van der Waals surface area contributed by atoms with Gasteiger partial charge in [-0.1, -0.05) is 85.6 Å². The molecule has 0 bridgehead atoms. The monoisotopic (exact) mass is 449 g/mol. The molecule has 3 rings (SSSR count). The number of hydrogen-bond acceptors (Lipinski definition) is 2. The summed E-state index contributed by atoms with van der Waals surface area (Å²) in [6.07, 6.45) is 8.83. The lowest BCUT2D eigenvalue weighted by Gasteiger charge is -2.17. The summed E-state index contributed by atoms with van der Waals surface area (Å²) in [6.45, 7) is 20.0. The molecule has 2 heteroatoms. The van der Waals surface area contributed by atoms with E-state index >= 15 is 0 Å². The Bertz CT molecular complexity index is 960. The largest absolute Gasteiger partial charge is 0.255 e. The van der Waals surface area contributed by atoms with Crippen LogP contribution in [-0.4, -0.2) is 4.98 Å². The zero-order chi connectivity index (χ0) is 23.7. The molecular formula is C30H43NS. The number of pyridine rings is 1. The maximum atomic E-state index is 4.67. The van der Waals surface area contributed by atoms with Crippen molar-refractivity contribution in [2.75, 3.05) is 0 Å². The lowest BCUT2D eigenvalue weighted by molar-refractivity contribution is 0.397. The maximum absolute atomic E-state index is 4.67. The predicted molar refractivity (Wildman–Crippen MR) is 146 cm³/mol. The van der Waals surface area contributed by atoms with Crippen molar-refractivity contribution in [2.45, 2.75) is 80.1 Å². The molecule has 0 N–H and O–H groups in total. The fraction of sp³-hybridized carbons (Fsp3) is 0.500.